The third-order valence-electron chi connectivity index (χ3n) is 3.35. The van der Waals surface area contributed by atoms with Crippen molar-refractivity contribution in [2.24, 2.45) is 11.8 Å². The minimum absolute atomic E-state index is 0.398. The van der Waals surface area contributed by atoms with Crippen LogP contribution in [0, 0.1) is 11.8 Å². The van der Waals surface area contributed by atoms with E-state index >= 15 is 0 Å². The Bertz CT molecular complexity index is 130. The molecular weight excluding hydrogens is 146 g/mol. The molecule has 1 heteroatoms. The van der Waals surface area contributed by atoms with Gasteiger partial charge in [0.15, 0.2) is 0 Å². The largest absolute Gasteiger partial charge is 0.315 e. The summed E-state index contributed by atoms with van der Waals surface area (Å²) in [5, 5.41) is 3.48. The lowest BCUT2D eigenvalue weighted by molar-refractivity contribution is 0.282. The quantitative estimate of drug-likeness (QED) is 0.595. The van der Waals surface area contributed by atoms with Crippen LogP contribution in [0.3, 0.4) is 0 Å². The van der Waals surface area contributed by atoms with Gasteiger partial charge in [-0.1, -0.05) is 26.7 Å². The molecule has 1 aliphatic carbocycles. The van der Waals surface area contributed by atoms with Crippen LogP contribution in [0.4, 0.5) is 0 Å². The number of nitrogens with one attached hydrogen (secondary N) is 1. The highest BCUT2D eigenvalue weighted by Gasteiger charge is 2.29. The van der Waals surface area contributed by atoms with Crippen molar-refractivity contribution in [3.05, 3.63) is 0 Å². The smallest absolute Gasteiger partial charge is 0.0155 e. The van der Waals surface area contributed by atoms with Crippen LogP contribution >= 0.6 is 0 Å². The summed E-state index contributed by atoms with van der Waals surface area (Å²) in [6, 6.07) is 0. The Morgan fingerprint density at radius 1 is 1.08 bits per heavy atom. The lowest BCUT2D eigenvalue weighted by Gasteiger charge is -2.31. The highest BCUT2D eigenvalue weighted by atomic mass is 14.9. The van der Waals surface area contributed by atoms with E-state index in [1.165, 1.54) is 25.7 Å². The van der Waals surface area contributed by atoms with E-state index in [0.717, 1.165) is 11.8 Å². The Labute approximate surface area is 76.9 Å². The average molecular weight is 169 g/mol. The standard InChI is InChI=1S/C11H23N/c1-9-5-6-10(2)8-11(3,7-9)12-4/h9-10,12H,5-8H2,1-4H3. The molecule has 0 aliphatic heterocycles. The van der Waals surface area contributed by atoms with Crippen LogP contribution in [-0.4, -0.2) is 12.6 Å². The van der Waals surface area contributed by atoms with E-state index in [2.05, 4.69) is 33.1 Å². The van der Waals surface area contributed by atoms with Crippen LogP contribution in [0.2, 0.25) is 0 Å². The predicted molar refractivity (Wildman–Crippen MR) is 54.3 cm³/mol. The number of hydrogen-bond acceptors (Lipinski definition) is 1. The molecule has 72 valence electrons. The first kappa shape index (κ1) is 10.0. The van der Waals surface area contributed by atoms with Gasteiger partial charge < -0.3 is 5.32 Å². The van der Waals surface area contributed by atoms with E-state index in [0.29, 0.717) is 5.54 Å². The van der Waals surface area contributed by atoms with Crippen LogP contribution < -0.4 is 5.32 Å². The maximum Gasteiger partial charge on any atom is 0.0155 e. The molecule has 12 heavy (non-hydrogen) atoms. The Balaban J connectivity index is 2.61. The normalized spacial score (nSPS) is 44.0. The lowest BCUT2D eigenvalue weighted by Crippen LogP contribution is -2.41. The van der Waals surface area contributed by atoms with Gasteiger partial charge in [0.2, 0.25) is 0 Å². The van der Waals surface area contributed by atoms with E-state index in [-0.39, 0.29) is 0 Å². The average Bonchev–Trinajstić information content (AvgIpc) is 2.11. The molecule has 0 saturated heterocycles. The summed E-state index contributed by atoms with van der Waals surface area (Å²) in [7, 11) is 2.10. The van der Waals surface area contributed by atoms with Gasteiger partial charge in [0.25, 0.3) is 0 Å². The monoisotopic (exact) mass is 169 g/mol. The summed E-state index contributed by atoms with van der Waals surface area (Å²) in [4.78, 5) is 0. The fourth-order valence-electron chi connectivity index (χ4n) is 2.60. The van der Waals surface area contributed by atoms with Gasteiger partial charge >= 0.3 is 0 Å². The number of rotatable bonds is 1. The van der Waals surface area contributed by atoms with Crippen molar-refractivity contribution in [3.8, 4) is 0 Å². The Morgan fingerprint density at radius 3 is 1.83 bits per heavy atom. The molecule has 2 atom stereocenters. The van der Waals surface area contributed by atoms with E-state index in [1.54, 1.807) is 0 Å². The summed E-state index contributed by atoms with van der Waals surface area (Å²) >= 11 is 0. The summed E-state index contributed by atoms with van der Waals surface area (Å²) in [5.74, 6) is 1.79. The Hall–Kier alpha value is -0.0400. The van der Waals surface area contributed by atoms with Crippen molar-refractivity contribution in [1.29, 1.82) is 0 Å². The highest BCUT2D eigenvalue weighted by molar-refractivity contribution is 4.87. The van der Waals surface area contributed by atoms with Gasteiger partial charge in [0, 0.05) is 5.54 Å². The van der Waals surface area contributed by atoms with Gasteiger partial charge in [-0.15, -0.1) is 0 Å². The fourth-order valence-corrected chi connectivity index (χ4v) is 2.60. The van der Waals surface area contributed by atoms with Crippen LogP contribution in [-0.2, 0) is 0 Å². The van der Waals surface area contributed by atoms with Crippen molar-refractivity contribution < 1.29 is 0 Å². The van der Waals surface area contributed by atoms with E-state index in [4.69, 9.17) is 0 Å². The maximum absolute atomic E-state index is 3.48. The van der Waals surface area contributed by atoms with Crippen molar-refractivity contribution in [3.63, 3.8) is 0 Å². The van der Waals surface area contributed by atoms with Gasteiger partial charge in [-0.25, -0.2) is 0 Å². The molecule has 0 spiro atoms. The summed E-state index contributed by atoms with van der Waals surface area (Å²) in [6.07, 6.45) is 5.51. The zero-order chi connectivity index (χ0) is 9.19. The molecule has 1 rings (SSSR count). The fraction of sp³-hybridized carbons (Fsp3) is 1.00. The molecule has 0 aromatic heterocycles. The lowest BCUT2D eigenvalue weighted by atomic mass is 9.86. The molecule has 0 bridgehead atoms. The van der Waals surface area contributed by atoms with E-state index < -0.39 is 0 Å². The minimum atomic E-state index is 0.398. The second-order valence-electron chi connectivity index (χ2n) is 5.01. The van der Waals surface area contributed by atoms with Gasteiger partial charge in [0.1, 0.15) is 0 Å². The third-order valence-corrected chi connectivity index (χ3v) is 3.35. The van der Waals surface area contributed by atoms with Crippen LogP contribution in [0.15, 0.2) is 0 Å². The maximum atomic E-state index is 3.48. The van der Waals surface area contributed by atoms with Gasteiger partial charge in [-0.3, -0.25) is 0 Å². The molecular formula is C11H23N. The Morgan fingerprint density at radius 2 is 1.50 bits per heavy atom. The molecule has 0 radical (unpaired) electrons. The topological polar surface area (TPSA) is 12.0 Å². The Kier molecular flexibility index (Phi) is 3.16. The second-order valence-corrected chi connectivity index (χ2v) is 5.01. The third kappa shape index (κ3) is 2.48. The summed E-state index contributed by atoms with van der Waals surface area (Å²) in [6.45, 7) is 7.13. The van der Waals surface area contributed by atoms with Crippen molar-refractivity contribution in [2.45, 2.75) is 52.0 Å². The van der Waals surface area contributed by atoms with Crippen LogP contribution in [0.25, 0.3) is 0 Å². The summed E-state index contributed by atoms with van der Waals surface area (Å²) < 4.78 is 0. The van der Waals surface area contributed by atoms with E-state index in [9.17, 15) is 0 Å². The molecule has 0 aromatic rings. The van der Waals surface area contributed by atoms with Crippen LogP contribution in [0.1, 0.15) is 46.5 Å². The minimum Gasteiger partial charge on any atom is -0.315 e. The van der Waals surface area contributed by atoms with E-state index in [1.807, 2.05) is 0 Å². The zero-order valence-corrected chi connectivity index (χ0v) is 8.98. The van der Waals surface area contributed by atoms with Crippen molar-refractivity contribution in [2.75, 3.05) is 7.05 Å². The van der Waals surface area contributed by atoms with Gasteiger partial charge in [0.05, 0.1) is 0 Å². The summed E-state index contributed by atoms with van der Waals surface area (Å²) in [5.41, 5.74) is 0.398. The van der Waals surface area contributed by atoms with Gasteiger partial charge in [-0.05, 0) is 38.6 Å². The SMILES string of the molecule is CNC1(C)CC(C)CCC(C)C1. The molecule has 2 unspecified atom stereocenters. The molecule has 1 nitrogen and oxygen atoms in total. The predicted octanol–water partition coefficient (Wildman–Crippen LogP) is 2.81. The number of hydrogen-bond donors (Lipinski definition) is 1. The molecule has 0 heterocycles. The highest BCUT2D eigenvalue weighted by Crippen LogP contribution is 2.33. The molecule has 1 fully saturated rings. The zero-order valence-electron chi connectivity index (χ0n) is 8.98. The second kappa shape index (κ2) is 3.78. The van der Waals surface area contributed by atoms with Crippen molar-refractivity contribution in [1.82, 2.24) is 5.32 Å². The van der Waals surface area contributed by atoms with Crippen molar-refractivity contribution >= 4 is 0 Å². The molecule has 0 aromatic carbocycles. The molecule has 1 N–H and O–H groups in total. The van der Waals surface area contributed by atoms with Crippen LogP contribution in [0.5, 0.6) is 0 Å². The first-order valence-corrected chi connectivity index (χ1v) is 5.24. The first-order chi connectivity index (χ1) is 5.56. The first-order valence-electron chi connectivity index (χ1n) is 5.24. The molecule has 0 amide bonds. The molecule has 1 saturated carbocycles. The molecule has 1 aliphatic rings. The van der Waals surface area contributed by atoms with Gasteiger partial charge in [-0.2, -0.15) is 0 Å².